The monoisotopic (exact) mass is 422 g/mol. The molecule has 6 nitrogen and oxygen atoms in total. The number of aliphatic carboxylic acids is 1. The normalized spacial score (nSPS) is 13.7. The van der Waals surface area contributed by atoms with E-state index in [4.69, 9.17) is 9.84 Å². The average molecular weight is 423 g/mol. The van der Waals surface area contributed by atoms with E-state index in [0.29, 0.717) is 6.42 Å². The maximum Gasteiger partial charge on any atom is 0.347 e. The molecular weight excluding hydrogens is 384 g/mol. The second-order valence-corrected chi connectivity index (χ2v) is 7.15. The molecule has 170 valence electrons. The van der Waals surface area contributed by atoms with E-state index >= 15 is 0 Å². The second kappa shape index (κ2) is 18.6. The van der Waals surface area contributed by atoms with Crippen LogP contribution in [0.3, 0.4) is 0 Å². The summed E-state index contributed by atoms with van der Waals surface area (Å²) >= 11 is 0. The van der Waals surface area contributed by atoms with Gasteiger partial charge in [0.15, 0.2) is 12.2 Å². The number of rotatable bonds is 17. The Kier molecular flexibility index (Phi) is 17.2. The summed E-state index contributed by atoms with van der Waals surface area (Å²) in [6, 6.07) is 0. The fourth-order valence-electron chi connectivity index (χ4n) is 2.51. The molecule has 0 aromatic heterocycles. The van der Waals surface area contributed by atoms with Crippen molar-refractivity contribution in [2.45, 2.75) is 97.2 Å². The number of carboxylic acid groups (broad SMARTS) is 1. The molecule has 0 amide bonds. The Morgan fingerprint density at radius 3 is 1.97 bits per heavy atom. The zero-order valence-corrected chi connectivity index (χ0v) is 18.7. The average Bonchev–Trinajstić information content (AvgIpc) is 2.70. The van der Waals surface area contributed by atoms with Crippen molar-refractivity contribution < 1.29 is 29.0 Å². The summed E-state index contributed by atoms with van der Waals surface area (Å²) in [5, 5.41) is 8.70. The Labute approximate surface area is 181 Å². The number of carbonyl (C=O) groups excluding carboxylic acids is 2. The van der Waals surface area contributed by atoms with Gasteiger partial charge < -0.3 is 14.6 Å². The molecule has 0 rings (SSSR count). The smallest absolute Gasteiger partial charge is 0.347 e. The summed E-state index contributed by atoms with van der Waals surface area (Å²) in [6.45, 7) is 4.75. The molecule has 0 bridgehead atoms. The minimum absolute atomic E-state index is 0.242. The number of carbonyl (C=O) groups is 3. The third-order valence-corrected chi connectivity index (χ3v) is 4.31. The van der Waals surface area contributed by atoms with Gasteiger partial charge in [-0.15, -0.1) is 0 Å². The van der Waals surface area contributed by atoms with Crippen LogP contribution in [-0.2, 0) is 23.9 Å². The van der Waals surface area contributed by atoms with Crippen LogP contribution in [-0.4, -0.2) is 35.2 Å². The Morgan fingerprint density at radius 1 is 0.767 bits per heavy atom. The number of hydrogen-bond donors (Lipinski definition) is 1. The lowest BCUT2D eigenvalue weighted by Crippen LogP contribution is -2.32. The summed E-state index contributed by atoms with van der Waals surface area (Å²) < 4.78 is 9.67. The summed E-state index contributed by atoms with van der Waals surface area (Å²) in [6.07, 6.45) is 20.1. The topological polar surface area (TPSA) is 89.9 Å². The molecule has 2 unspecified atom stereocenters. The van der Waals surface area contributed by atoms with E-state index in [1.165, 1.54) is 13.8 Å². The Balaban J connectivity index is 3.64. The molecule has 0 aromatic rings. The van der Waals surface area contributed by atoms with Gasteiger partial charge in [0.2, 0.25) is 0 Å². The van der Waals surface area contributed by atoms with Gasteiger partial charge in [0.25, 0.3) is 0 Å². The first-order valence-electron chi connectivity index (χ1n) is 11.0. The van der Waals surface area contributed by atoms with Gasteiger partial charge >= 0.3 is 17.9 Å². The van der Waals surface area contributed by atoms with Crippen LogP contribution in [0.4, 0.5) is 0 Å². The van der Waals surface area contributed by atoms with Gasteiger partial charge in [0.1, 0.15) is 0 Å². The molecule has 0 radical (unpaired) electrons. The predicted octanol–water partition coefficient (Wildman–Crippen LogP) is 5.52. The number of unbranched alkanes of at least 4 members (excludes halogenated alkanes) is 5. The van der Waals surface area contributed by atoms with E-state index in [1.54, 1.807) is 0 Å². The highest BCUT2D eigenvalue weighted by Gasteiger charge is 2.23. The van der Waals surface area contributed by atoms with Gasteiger partial charge in [0.05, 0.1) is 0 Å². The third-order valence-electron chi connectivity index (χ3n) is 4.31. The van der Waals surface area contributed by atoms with Crippen LogP contribution in [0.5, 0.6) is 0 Å². The Bertz CT molecular complexity index is 576. The highest BCUT2D eigenvalue weighted by molar-refractivity contribution is 5.82. The van der Waals surface area contributed by atoms with Crippen LogP contribution in [0.25, 0.3) is 0 Å². The molecule has 6 heteroatoms. The van der Waals surface area contributed by atoms with Crippen molar-refractivity contribution in [3.63, 3.8) is 0 Å². The lowest BCUT2D eigenvalue weighted by atomic mass is 10.1. The van der Waals surface area contributed by atoms with Crippen molar-refractivity contribution in [2.24, 2.45) is 0 Å². The van der Waals surface area contributed by atoms with Crippen molar-refractivity contribution in [2.75, 3.05) is 0 Å². The molecule has 0 spiro atoms. The standard InChI is InChI=1S/C24H38O6/c1-4-5-6-7-8-9-10-11-12-13-14-15-16-17-18-19-22(25)29-21(3)24(28)30-20(2)23(26)27/h5-6,8-9,11-12,20-21H,4,7,10,13-19H2,1-3H3,(H,26,27). The summed E-state index contributed by atoms with van der Waals surface area (Å²) in [7, 11) is 0. The Morgan fingerprint density at radius 2 is 1.33 bits per heavy atom. The number of carboxylic acids is 1. The maximum absolute atomic E-state index is 11.7. The lowest BCUT2D eigenvalue weighted by Gasteiger charge is -2.14. The van der Waals surface area contributed by atoms with E-state index in [9.17, 15) is 14.4 Å². The molecule has 2 atom stereocenters. The Hall–Kier alpha value is -2.37. The highest BCUT2D eigenvalue weighted by Crippen LogP contribution is 2.09. The molecule has 0 aromatic carbocycles. The van der Waals surface area contributed by atoms with Crippen molar-refractivity contribution in [3.05, 3.63) is 36.5 Å². The van der Waals surface area contributed by atoms with Gasteiger partial charge in [-0.2, -0.15) is 0 Å². The second-order valence-electron chi connectivity index (χ2n) is 7.15. The molecule has 0 aliphatic rings. The van der Waals surface area contributed by atoms with Crippen LogP contribution in [0, 0.1) is 0 Å². The van der Waals surface area contributed by atoms with Crippen molar-refractivity contribution in [3.8, 4) is 0 Å². The van der Waals surface area contributed by atoms with E-state index in [-0.39, 0.29) is 6.42 Å². The predicted molar refractivity (Wildman–Crippen MR) is 118 cm³/mol. The van der Waals surface area contributed by atoms with Gasteiger partial charge in [0, 0.05) is 6.42 Å². The first-order valence-corrected chi connectivity index (χ1v) is 11.0. The molecular formula is C24H38O6. The molecule has 0 saturated carbocycles. The summed E-state index contributed by atoms with van der Waals surface area (Å²) in [4.78, 5) is 34.0. The van der Waals surface area contributed by atoms with Crippen LogP contribution >= 0.6 is 0 Å². The van der Waals surface area contributed by atoms with Crippen LogP contribution in [0.1, 0.15) is 85.0 Å². The van der Waals surface area contributed by atoms with Gasteiger partial charge in [-0.3, -0.25) is 4.79 Å². The summed E-state index contributed by atoms with van der Waals surface area (Å²) in [5.41, 5.74) is 0. The van der Waals surface area contributed by atoms with Crippen LogP contribution in [0.2, 0.25) is 0 Å². The molecule has 0 saturated heterocycles. The van der Waals surface area contributed by atoms with Crippen molar-refractivity contribution in [1.82, 2.24) is 0 Å². The van der Waals surface area contributed by atoms with Crippen LogP contribution < -0.4 is 0 Å². The minimum Gasteiger partial charge on any atom is -0.479 e. The number of allylic oxidation sites excluding steroid dienone is 6. The first kappa shape index (κ1) is 27.6. The lowest BCUT2D eigenvalue weighted by molar-refractivity contribution is -0.174. The van der Waals surface area contributed by atoms with Gasteiger partial charge in [-0.1, -0.05) is 62.6 Å². The SMILES string of the molecule is CCC=CCC=CCC=CCCCCCCCC(=O)OC(C)C(=O)OC(C)C(=O)O. The molecule has 0 fully saturated rings. The fraction of sp³-hybridized carbons (Fsp3) is 0.625. The zero-order valence-electron chi connectivity index (χ0n) is 18.7. The maximum atomic E-state index is 11.7. The van der Waals surface area contributed by atoms with E-state index in [2.05, 4.69) is 48.1 Å². The largest absolute Gasteiger partial charge is 0.479 e. The van der Waals surface area contributed by atoms with E-state index < -0.39 is 30.1 Å². The van der Waals surface area contributed by atoms with E-state index in [0.717, 1.165) is 51.4 Å². The fourth-order valence-corrected chi connectivity index (χ4v) is 2.51. The highest BCUT2D eigenvalue weighted by atomic mass is 16.6. The minimum atomic E-state index is -1.27. The quantitative estimate of drug-likeness (QED) is 0.188. The first-order chi connectivity index (χ1) is 14.4. The van der Waals surface area contributed by atoms with Gasteiger partial charge in [-0.25, -0.2) is 9.59 Å². The van der Waals surface area contributed by atoms with Crippen molar-refractivity contribution in [1.29, 1.82) is 0 Å². The summed E-state index contributed by atoms with van der Waals surface area (Å²) in [5.74, 6) is -2.57. The molecule has 0 heterocycles. The van der Waals surface area contributed by atoms with Crippen molar-refractivity contribution >= 4 is 17.9 Å². The third kappa shape index (κ3) is 16.6. The molecule has 0 aliphatic heterocycles. The van der Waals surface area contributed by atoms with Crippen LogP contribution in [0.15, 0.2) is 36.5 Å². The zero-order chi connectivity index (χ0) is 22.6. The molecule has 30 heavy (non-hydrogen) atoms. The number of esters is 2. The van der Waals surface area contributed by atoms with E-state index in [1.807, 2.05) is 0 Å². The number of ether oxygens (including phenoxy) is 2. The molecule has 0 aliphatic carbocycles. The number of hydrogen-bond acceptors (Lipinski definition) is 5. The van der Waals surface area contributed by atoms with Gasteiger partial charge in [-0.05, 0) is 52.4 Å². The molecule has 1 N–H and O–H groups in total.